The Morgan fingerprint density at radius 3 is 2.41 bits per heavy atom. The van der Waals surface area contributed by atoms with Crippen LogP contribution in [0.2, 0.25) is 0 Å². The van der Waals surface area contributed by atoms with Crippen molar-refractivity contribution in [2.24, 2.45) is 0 Å². The van der Waals surface area contributed by atoms with Gasteiger partial charge in [-0.05, 0) is 100 Å². The number of benzene rings is 2. The van der Waals surface area contributed by atoms with Crippen molar-refractivity contribution in [2.45, 2.75) is 83.3 Å². The van der Waals surface area contributed by atoms with E-state index in [9.17, 15) is 27.9 Å². The lowest BCUT2D eigenvalue weighted by Gasteiger charge is -2.35. The van der Waals surface area contributed by atoms with Crippen LogP contribution in [0.4, 0.5) is 0 Å². The van der Waals surface area contributed by atoms with Gasteiger partial charge in [0, 0.05) is 18.7 Å². The standard InChI is InChI=1S/C33H41N5O7S/c1-19-20(2)28(21(3)24-15-16-33(4,5)45-27(19)24)46(43,44)38-32(34)35-17-9-12-26(31(41)42)37-30(40)25-14-13-23(36-29(25)39)18-22-10-7-6-8-11-22/h6-8,10-11,13-14,26H,9,12,15-18H2,1-5H3,(H,36,39)(H,37,40)(H,41,42)(H3,34,35,38)/t26-/m1/s1. The molecule has 6 N–H and O–H groups in total. The number of pyridine rings is 1. The van der Waals surface area contributed by atoms with Gasteiger partial charge in [-0.2, -0.15) is 0 Å². The maximum Gasteiger partial charge on any atom is 0.326 e. The van der Waals surface area contributed by atoms with Crippen LogP contribution in [-0.4, -0.2) is 54.5 Å². The molecule has 13 heteroatoms. The minimum absolute atomic E-state index is 0.0311. The molecule has 0 spiro atoms. The van der Waals surface area contributed by atoms with Crippen molar-refractivity contribution in [3.63, 3.8) is 0 Å². The lowest BCUT2D eigenvalue weighted by molar-refractivity contribution is -0.139. The van der Waals surface area contributed by atoms with Crippen LogP contribution in [0, 0.1) is 26.2 Å². The molecule has 1 aliphatic rings. The predicted octanol–water partition coefficient (Wildman–Crippen LogP) is 3.46. The zero-order valence-corrected chi connectivity index (χ0v) is 27.5. The molecule has 1 amide bonds. The van der Waals surface area contributed by atoms with Gasteiger partial charge in [0.2, 0.25) is 5.96 Å². The molecule has 246 valence electrons. The molecule has 0 saturated heterocycles. The number of H-pyrrole nitrogens is 1. The van der Waals surface area contributed by atoms with Gasteiger partial charge in [-0.25, -0.2) is 17.9 Å². The van der Waals surface area contributed by atoms with Crippen LogP contribution in [-0.2, 0) is 27.7 Å². The number of sulfonamides is 1. The van der Waals surface area contributed by atoms with Gasteiger partial charge in [0.1, 0.15) is 23.0 Å². The highest BCUT2D eigenvalue weighted by Crippen LogP contribution is 2.42. The van der Waals surface area contributed by atoms with Gasteiger partial charge < -0.3 is 25.5 Å². The number of hydrogen-bond acceptors (Lipinski definition) is 7. The number of carboxylic acids is 1. The Kier molecular flexibility index (Phi) is 10.2. The lowest BCUT2D eigenvalue weighted by atomic mass is 9.88. The fourth-order valence-corrected chi connectivity index (χ4v) is 7.12. The Morgan fingerprint density at radius 2 is 1.76 bits per heavy atom. The quantitative estimate of drug-likeness (QED) is 0.103. The molecule has 1 atom stereocenters. The summed E-state index contributed by atoms with van der Waals surface area (Å²) >= 11 is 0. The fraction of sp³-hybridized carbons (Fsp3) is 0.394. The summed E-state index contributed by atoms with van der Waals surface area (Å²) in [6.45, 7) is 9.34. The molecule has 1 aromatic heterocycles. The van der Waals surface area contributed by atoms with Crippen LogP contribution in [0.5, 0.6) is 5.75 Å². The zero-order chi connectivity index (χ0) is 33.8. The van der Waals surface area contributed by atoms with E-state index in [0.717, 1.165) is 23.1 Å². The van der Waals surface area contributed by atoms with Crippen LogP contribution < -0.4 is 25.7 Å². The summed E-state index contributed by atoms with van der Waals surface area (Å²) in [4.78, 5) is 40.0. The third-order valence-electron chi connectivity index (χ3n) is 8.20. The molecule has 0 saturated carbocycles. The summed E-state index contributed by atoms with van der Waals surface area (Å²) in [5.74, 6) is -1.87. The van der Waals surface area contributed by atoms with Gasteiger partial charge in [-0.15, -0.1) is 0 Å². The van der Waals surface area contributed by atoms with E-state index in [1.165, 1.54) is 6.07 Å². The number of aromatic amines is 1. The number of fused-ring (bicyclic) bond motifs is 1. The molecular weight excluding hydrogens is 610 g/mol. The smallest absolute Gasteiger partial charge is 0.326 e. The van der Waals surface area contributed by atoms with Crippen LogP contribution in [0.15, 0.2) is 52.2 Å². The summed E-state index contributed by atoms with van der Waals surface area (Å²) in [6, 6.07) is 11.1. The van der Waals surface area contributed by atoms with Gasteiger partial charge >= 0.3 is 5.97 Å². The van der Waals surface area contributed by atoms with Crippen molar-refractivity contribution in [3.05, 3.63) is 91.9 Å². The Balaban J connectivity index is 1.32. The van der Waals surface area contributed by atoms with Gasteiger partial charge in [-0.3, -0.25) is 15.0 Å². The molecule has 0 radical (unpaired) electrons. The van der Waals surface area contributed by atoms with Crippen LogP contribution in [0.1, 0.15) is 77.0 Å². The first-order chi connectivity index (χ1) is 21.6. The molecule has 46 heavy (non-hydrogen) atoms. The summed E-state index contributed by atoms with van der Waals surface area (Å²) < 4.78 is 35.2. The van der Waals surface area contributed by atoms with Gasteiger partial charge in [0.05, 0.1) is 4.90 Å². The van der Waals surface area contributed by atoms with Crippen molar-refractivity contribution in [1.82, 2.24) is 20.3 Å². The number of carboxylic acid groups (broad SMARTS) is 1. The highest BCUT2D eigenvalue weighted by molar-refractivity contribution is 7.90. The maximum atomic E-state index is 13.4. The number of ether oxygens (including phenoxy) is 1. The van der Waals surface area contributed by atoms with Crippen molar-refractivity contribution < 1.29 is 27.9 Å². The van der Waals surface area contributed by atoms with Gasteiger partial charge in [0.25, 0.3) is 21.5 Å². The summed E-state index contributed by atoms with van der Waals surface area (Å²) in [7, 11) is -4.12. The Labute approximate surface area is 268 Å². The summed E-state index contributed by atoms with van der Waals surface area (Å²) in [5.41, 5.74) is 3.09. The molecular formula is C33H41N5O7S. The van der Waals surface area contributed by atoms with E-state index < -0.39 is 39.5 Å². The molecule has 0 unspecified atom stereocenters. The molecule has 0 fully saturated rings. The van der Waals surface area contributed by atoms with E-state index in [0.29, 0.717) is 35.4 Å². The maximum absolute atomic E-state index is 13.4. The number of guanidine groups is 1. The van der Waals surface area contributed by atoms with Gasteiger partial charge in [0.15, 0.2) is 0 Å². The molecule has 0 bridgehead atoms. The number of carbonyl (C=O) groups excluding carboxylic acids is 1. The van der Waals surface area contributed by atoms with Crippen molar-refractivity contribution in [3.8, 4) is 5.75 Å². The topological polar surface area (TPSA) is 191 Å². The first-order valence-electron chi connectivity index (χ1n) is 15.1. The Bertz CT molecular complexity index is 1820. The lowest BCUT2D eigenvalue weighted by Crippen LogP contribution is -2.44. The zero-order valence-electron chi connectivity index (χ0n) is 26.7. The number of rotatable bonds is 11. The van der Waals surface area contributed by atoms with E-state index >= 15 is 0 Å². The second-order valence-corrected chi connectivity index (χ2v) is 13.8. The third kappa shape index (κ3) is 7.94. The monoisotopic (exact) mass is 651 g/mol. The number of amides is 1. The van der Waals surface area contributed by atoms with E-state index in [4.69, 9.17) is 10.1 Å². The van der Waals surface area contributed by atoms with Crippen molar-refractivity contribution in [2.75, 3.05) is 6.54 Å². The second kappa shape index (κ2) is 13.8. The second-order valence-electron chi connectivity index (χ2n) is 12.2. The average Bonchev–Trinajstić information content (AvgIpc) is 2.97. The van der Waals surface area contributed by atoms with Crippen molar-refractivity contribution in [1.29, 1.82) is 5.41 Å². The molecule has 1 aliphatic heterocycles. The minimum Gasteiger partial charge on any atom is -0.487 e. The number of aliphatic carboxylic acids is 1. The normalized spacial score (nSPS) is 14.4. The van der Waals surface area contributed by atoms with E-state index in [2.05, 4.69) is 20.3 Å². The van der Waals surface area contributed by atoms with Crippen molar-refractivity contribution >= 4 is 27.9 Å². The first-order valence-corrected chi connectivity index (χ1v) is 16.5. The molecule has 0 aliphatic carbocycles. The Morgan fingerprint density at radius 1 is 1.07 bits per heavy atom. The van der Waals surface area contributed by atoms with Gasteiger partial charge in [-0.1, -0.05) is 30.3 Å². The predicted molar refractivity (Wildman–Crippen MR) is 174 cm³/mol. The Hall–Kier alpha value is -4.65. The summed E-state index contributed by atoms with van der Waals surface area (Å²) in [5, 5.41) is 22.9. The highest BCUT2D eigenvalue weighted by Gasteiger charge is 2.33. The number of aromatic nitrogens is 1. The highest BCUT2D eigenvalue weighted by atomic mass is 32.2. The molecule has 2 heterocycles. The third-order valence-corrected chi connectivity index (χ3v) is 9.82. The van der Waals surface area contributed by atoms with E-state index in [1.807, 2.05) is 51.1 Å². The minimum atomic E-state index is -4.12. The van der Waals surface area contributed by atoms with Crippen LogP contribution >= 0.6 is 0 Å². The first kappa shape index (κ1) is 34.2. The number of carbonyl (C=O) groups is 2. The average molecular weight is 652 g/mol. The fourth-order valence-electron chi connectivity index (χ4n) is 5.60. The number of hydrogen-bond donors (Lipinski definition) is 6. The van der Waals surface area contributed by atoms with E-state index in [1.54, 1.807) is 19.9 Å². The number of nitrogens with one attached hydrogen (secondary N) is 5. The SMILES string of the molecule is Cc1c(C)c(S(=O)(=O)NC(=N)NCCC[C@@H](NC(=O)c2ccc(Cc3ccccc3)[nH]c2=O)C(=O)O)c(C)c2c1OC(C)(C)CC2. The van der Waals surface area contributed by atoms with E-state index in [-0.39, 0.29) is 35.4 Å². The molecule has 12 nitrogen and oxygen atoms in total. The summed E-state index contributed by atoms with van der Waals surface area (Å²) in [6.07, 6.45) is 2.02. The molecule has 2 aromatic carbocycles. The van der Waals surface area contributed by atoms with Crippen LogP contribution in [0.3, 0.4) is 0 Å². The largest absolute Gasteiger partial charge is 0.487 e. The van der Waals surface area contributed by atoms with Crippen LogP contribution in [0.25, 0.3) is 0 Å². The molecule has 4 rings (SSSR count). The molecule has 3 aromatic rings.